The van der Waals surface area contributed by atoms with Gasteiger partial charge in [0, 0.05) is 17.4 Å². The molecule has 0 aromatic heterocycles. The van der Waals surface area contributed by atoms with Gasteiger partial charge in [0.2, 0.25) is 5.91 Å². The molecule has 0 spiro atoms. The zero-order valence-electron chi connectivity index (χ0n) is 19.4. The van der Waals surface area contributed by atoms with Crippen LogP contribution in [-0.4, -0.2) is 30.5 Å². The third-order valence-electron chi connectivity index (χ3n) is 5.05. The van der Waals surface area contributed by atoms with E-state index in [1.54, 1.807) is 66.7 Å². The SMILES string of the molecule is O=C(CCCCCNC(=O)c1ccccc1Cl)NN=Cc1cccc(OC(=O)c2ccccc2Br)c1. The summed E-state index contributed by atoms with van der Waals surface area (Å²) in [5.74, 6) is -0.525. The molecule has 3 aromatic carbocycles. The molecule has 0 saturated heterocycles. The first-order valence-corrected chi connectivity index (χ1v) is 12.5. The number of rotatable bonds is 11. The van der Waals surface area contributed by atoms with Crippen LogP contribution < -0.4 is 15.5 Å². The van der Waals surface area contributed by atoms with Gasteiger partial charge < -0.3 is 10.1 Å². The Hall–Kier alpha value is -3.49. The van der Waals surface area contributed by atoms with Gasteiger partial charge in [-0.05, 0) is 70.7 Å². The van der Waals surface area contributed by atoms with E-state index in [0.717, 1.165) is 12.8 Å². The van der Waals surface area contributed by atoms with E-state index in [4.69, 9.17) is 16.3 Å². The first-order chi connectivity index (χ1) is 17.4. The Kier molecular flexibility index (Phi) is 10.7. The summed E-state index contributed by atoms with van der Waals surface area (Å²) in [4.78, 5) is 36.5. The smallest absolute Gasteiger partial charge is 0.344 e. The summed E-state index contributed by atoms with van der Waals surface area (Å²) in [6.07, 6.45) is 4.00. The van der Waals surface area contributed by atoms with Crippen LogP contribution in [-0.2, 0) is 4.79 Å². The maximum Gasteiger partial charge on any atom is 0.344 e. The van der Waals surface area contributed by atoms with Crippen molar-refractivity contribution in [3.63, 3.8) is 0 Å². The minimum absolute atomic E-state index is 0.206. The van der Waals surface area contributed by atoms with Crippen LogP contribution in [0.4, 0.5) is 0 Å². The third-order valence-corrected chi connectivity index (χ3v) is 6.07. The van der Waals surface area contributed by atoms with E-state index in [1.807, 2.05) is 6.07 Å². The summed E-state index contributed by atoms with van der Waals surface area (Å²) in [7, 11) is 0. The van der Waals surface area contributed by atoms with E-state index >= 15 is 0 Å². The van der Waals surface area contributed by atoms with Crippen molar-refractivity contribution in [1.82, 2.24) is 10.7 Å². The average molecular weight is 571 g/mol. The number of benzene rings is 3. The molecule has 0 bridgehead atoms. The summed E-state index contributed by atoms with van der Waals surface area (Å²) < 4.78 is 6.08. The Morgan fingerprint density at radius 3 is 2.44 bits per heavy atom. The monoisotopic (exact) mass is 569 g/mol. The van der Waals surface area contributed by atoms with Crippen molar-refractivity contribution in [2.24, 2.45) is 5.10 Å². The Morgan fingerprint density at radius 1 is 0.917 bits per heavy atom. The van der Waals surface area contributed by atoms with E-state index in [9.17, 15) is 14.4 Å². The van der Waals surface area contributed by atoms with Gasteiger partial charge >= 0.3 is 5.97 Å². The topological polar surface area (TPSA) is 96.9 Å². The van der Waals surface area contributed by atoms with E-state index in [-0.39, 0.29) is 11.8 Å². The Balaban J connectivity index is 1.34. The lowest BCUT2D eigenvalue weighted by molar-refractivity contribution is -0.121. The fourth-order valence-corrected chi connectivity index (χ4v) is 3.88. The molecular formula is C27H25BrClN3O4. The van der Waals surface area contributed by atoms with Gasteiger partial charge in [-0.3, -0.25) is 9.59 Å². The molecule has 0 radical (unpaired) electrons. The number of nitrogens with one attached hydrogen (secondary N) is 2. The van der Waals surface area contributed by atoms with Gasteiger partial charge in [-0.2, -0.15) is 5.10 Å². The van der Waals surface area contributed by atoms with Crippen LogP contribution in [0.25, 0.3) is 0 Å². The Morgan fingerprint density at radius 2 is 1.67 bits per heavy atom. The van der Waals surface area contributed by atoms with Gasteiger partial charge in [-0.1, -0.05) is 54.4 Å². The van der Waals surface area contributed by atoms with Gasteiger partial charge in [0.1, 0.15) is 5.75 Å². The van der Waals surface area contributed by atoms with Crippen LogP contribution in [0.15, 0.2) is 82.4 Å². The average Bonchev–Trinajstić information content (AvgIpc) is 2.86. The largest absolute Gasteiger partial charge is 0.423 e. The van der Waals surface area contributed by atoms with Crippen LogP contribution in [0.5, 0.6) is 5.75 Å². The number of ether oxygens (including phenoxy) is 1. The van der Waals surface area contributed by atoms with Crippen molar-refractivity contribution in [2.75, 3.05) is 6.54 Å². The van der Waals surface area contributed by atoms with E-state index in [2.05, 4.69) is 31.8 Å². The second kappa shape index (κ2) is 14.2. The lowest BCUT2D eigenvalue weighted by Crippen LogP contribution is -2.24. The molecule has 0 unspecified atom stereocenters. The number of hydrogen-bond acceptors (Lipinski definition) is 5. The number of nitrogens with zero attached hydrogens (tertiary/aromatic N) is 1. The number of carbonyl (C=O) groups excluding carboxylic acids is 3. The van der Waals surface area contributed by atoms with Crippen molar-refractivity contribution >= 4 is 51.5 Å². The molecule has 0 atom stereocenters. The number of halogens is 2. The van der Waals surface area contributed by atoms with Crippen molar-refractivity contribution < 1.29 is 19.1 Å². The van der Waals surface area contributed by atoms with Crippen molar-refractivity contribution in [3.8, 4) is 5.75 Å². The maximum absolute atomic E-state index is 12.4. The third kappa shape index (κ3) is 8.62. The van der Waals surface area contributed by atoms with Crippen LogP contribution in [0, 0.1) is 0 Å². The van der Waals surface area contributed by atoms with Crippen molar-refractivity contribution in [2.45, 2.75) is 25.7 Å². The summed E-state index contributed by atoms with van der Waals surface area (Å²) in [6.45, 7) is 0.506. The van der Waals surface area contributed by atoms with E-state index in [0.29, 0.717) is 51.3 Å². The molecule has 3 aromatic rings. The number of hydrogen-bond donors (Lipinski definition) is 2. The zero-order chi connectivity index (χ0) is 25.8. The van der Waals surface area contributed by atoms with Gasteiger partial charge in [0.25, 0.3) is 5.91 Å². The number of esters is 1. The highest BCUT2D eigenvalue weighted by atomic mass is 79.9. The van der Waals surface area contributed by atoms with Crippen molar-refractivity contribution in [1.29, 1.82) is 0 Å². The van der Waals surface area contributed by atoms with Gasteiger partial charge in [-0.25, -0.2) is 10.2 Å². The first kappa shape index (κ1) is 27.1. The molecule has 0 aliphatic rings. The molecule has 3 rings (SSSR count). The normalized spacial score (nSPS) is 10.7. The lowest BCUT2D eigenvalue weighted by atomic mass is 10.1. The number of amides is 2. The quantitative estimate of drug-likeness (QED) is 0.101. The standard InChI is InChI=1S/C27H25BrClN3O4/c28-23-13-5-3-11-21(23)27(35)36-20-10-8-9-19(17-20)18-31-32-25(33)15-2-1-7-16-30-26(34)22-12-4-6-14-24(22)29/h3-6,8-14,17-18H,1-2,7,15-16H2,(H,30,34)(H,32,33). The predicted octanol–water partition coefficient (Wildman–Crippen LogP) is 5.76. The van der Waals surface area contributed by atoms with Crippen molar-refractivity contribution in [3.05, 3.63) is 99.0 Å². The highest BCUT2D eigenvalue weighted by molar-refractivity contribution is 9.10. The summed E-state index contributed by atoms with van der Waals surface area (Å²) >= 11 is 9.35. The summed E-state index contributed by atoms with van der Waals surface area (Å²) in [5.41, 5.74) is 4.03. The second-order valence-electron chi connectivity index (χ2n) is 7.78. The van der Waals surface area contributed by atoms with Gasteiger partial charge in [0.05, 0.1) is 22.4 Å². The minimum Gasteiger partial charge on any atom is -0.423 e. The molecular weight excluding hydrogens is 546 g/mol. The molecule has 0 fully saturated rings. The molecule has 9 heteroatoms. The number of hydrazone groups is 1. The molecule has 7 nitrogen and oxygen atoms in total. The Labute approximate surface area is 223 Å². The zero-order valence-corrected chi connectivity index (χ0v) is 21.7. The lowest BCUT2D eigenvalue weighted by Gasteiger charge is -2.07. The van der Waals surface area contributed by atoms with Crippen LogP contribution in [0.2, 0.25) is 5.02 Å². The highest BCUT2D eigenvalue weighted by Gasteiger charge is 2.12. The maximum atomic E-state index is 12.4. The van der Waals surface area contributed by atoms with Crippen LogP contribution in [0.1, 0.15) is 52.0 Å². The molecule has 0 saturated carbocycles. The van der Waals surface area contributed by atoms with Gasteiger partial charge in [-0.15, -0.1) is 0 Å². The molecule has 186 valence electrons. The fourth-order valence-electron chi connectivity index (χ4n) is 3.21. The van der Waals surface area contributed by atoms with E-state index in [1.165, 1.54) is 6.21 Å². The fraction of sp³-hybridized carbons (Fsp3) is 0.185. The molecule has 2 N–H and O–H groups in total. The van der Waals surface area contributed by atoms with E-state index < -0.39 is 5.97 Å². The van der Waals surface area contributed by atoms with Crippen LogP contribution in [0.3, 0.4) is 0 Å². The molecule has 0 aliphatic carbocycles. The summed E-state index contributed by atoms with van der Waals surface area (Å²) in [6, 6.07) is 20.7. The summed E-state index contributed by atoms with van der Waals surface area (Å²) in [5, 5.41) is 7.22. The molecule has 0 heterocycles. The number of unbranched alkanes of at least 4 members (excludes halogenated alkanes) is 2. The van der Waals surface area contributed by atoms with Crippen LogP contribution >= 0.6 is 27.5 Å². The van der Waals surface area contributed by atoms with Gasteiger partial charge in [0.15, 0.2) is 0 Å². The molecule has 36 heavy (non-hydrogen) atoms. The minimum atomic E-state index is -0.478. The Bertz CT molecular complexity index is 1250. The predicted molar refractivity (Wildman–Crippen MR) is 144 cm³/mol. The first-order valence-electron chi connectivity index (χ1n) is 11.4. The number of carbonyl (C=O) groups is 3. The second-order valence-corrected chi connectivity index (χ2v) is 9.04. The molecule has 0 aliphatic heterocycles. The molecule has 2 amide bonds. The highest BCUT2D eigenvalue weighted by Crippen LogP contribution is 2.20.